The molecule has 1 aromatic heterocycles. The molecule has 0 radical (unpaired) electrons. The quantitative estimate of drug-likeness (QED) is 0.840. The predicted octanol–water partition coefficient (Wildman–Crippen LogP) is 0.370. The molecule has 5 heteroatoms. The van der Waals surface area contributed by atoms with Gasteiger partial charge < -0.3 is 15.5 Å². The second-order valence-corrected chi connectivity index (χ2v) is 5.40. The van der Waals surface area contributed by atoms with Crippen LogP contribution in [-0.4, -0.2) is 54.5 Å². The number of aryl methyl sites for hydroxylation is 2. The van der Waals surface area contributed by atoms with Crippen LogP contribution in [0.3, 0.4) is 0 Å². The van der Waals surface area contributed by atoms with Crippen LogP contribution in [0.4, 0.5) is 5.82 Å². The van der Waals surface area contributed by atoms with Gasteiger partial charge in [-0.05, 0) is 40.4 Å². The van der Waals surface area contributed by atoms with Gasteiger partial charge >= 0.3 is 0 Å². The van der Waals surface area contributed by atoms with Gasteiger partial charge in [0.25, 0.3) is 0 Å². The summed E-state index contributed by atoms with van der Waals surface area (Å²) < 4.78 is 2.01. The summed E-state index contributed by atoms with van der Waals surface area (Å²) in [5, 5.41) is 4.55. The van der Waals surface area contributed by atoms with Crippen molar-refractivity contribution in [3.8, 4) is 0 Å². The number of hydrogen-bond donors (Lipinski definition) is 1. The summed E-state index contributed by atoms with van der Waals surface area (Å²) in [5.74, 6) is 1.27. The van der Waals surface area contributed by atoms with Gasteiger partial charge in [0.05, 0.1) is 5.69 Å². The van der Waals surface area contributed by atoms with E-state index < -0.39 is 0 Å². The van der Waals surface area contributed by atoms with Crippen LogP contribution in [0, 0.1) is 6.92 Å². The zero-order valence-corrected chi connectivity index (χ0v) is 12.0. The molecule has 2 rings (SSSR count). The molecule has 1 unspecified atom stereocenters. The molecule has 0 spiro atoms. The summed E-state index contributed by atoms with van der Waals surface area (Å²) in [6.45, 7) is 4.96. The van der Waals surface area contributed by atoms with Crippen LogP contribution in [0.1, 0.15) is 17.7 Å². The van der Waals surface area contributed by atoms with Gasteiger partial charge in [-0.3, -0.25) is 4.68 Å². The monoisotopic (exact) mass is 251 g/mol. The molecular weight excluding hydrogens is 226 g/mol. The van der Waals surface area contributed by atoms with Crippen LogP contribution in [-0.2, 0) is 13.5 Å². The van der Waals surface area contributed by atoms with Crippen molar-refractivity contribution >= 4 is 5.82 Å². The Labute approximate surface area is 110 Å². The molecule has 1 fully saturated rings. The number of rotatable bonds is 4. The van der Waals surface area contributed by atoms with Gasteiger partial charge in [0.1, 0.15) is 5.82 Å². The van der Waals surface area contributed by atoms with Crippen molar-refractivity contribution in [1.82, 2.24) is 14.7 Å². The number of nitrogens with two attached hydrogens (primary N) is 1. The molecule has 1 aromatic rings. The molecule has 0 saturated carbocycles. The van der Waals surface area contributed by atoms with E-state index in [0.717, 1.165) is 25.2 Å². The third-order valence-electron chi connectivity index (χ3n) is 3.90. The summed E-state index contributed by atoms with van der Waals surface area (Å²) in [6.07, 6.45) is 2.14. The highest BCUT2D eigenvalue weighted by atomic mass is 15.4. The summed E-state index contributed by atoms with van der Waals surface area (Å²) in [5.41, 5.74) is 8.15. The van der Waals surface area contributed by atoms with Crippen LogP contribution in [0.25, 0.3) is 0 Å². The fraction of sp³-hybridized carbons (Fsp3) is 0.769. The Balaban J connectivity index is 2.23. The molecule has 1 atom stereocenters. The average molecular weight is 251 g/mol. The van der Waals surface area contributed by atoms with Crippen molar-refractivity contribution < 1.29 is 0 Å². The highest BCUT2D eigenvalue weighted by Gasteiger charge is 2.28. The van der Waals surface area contributed by atoms with Crippen molar-refractivity contribution in [2.24, 2.45) is 12.8 Å². The lowest BCUT2D eigenvalue weighted by atomic mass is 10.1. The van der Waals surface area contributed by atoms with Crippen molar-refractivity contribution in [2.45, 2.75) is 25.8 Å². The first-order chi connectivity index (χ1) is 8.54. The Morgan fingerprint density at radius 3 is 2.72 bits per heavy atom. The third kappa shape index (κ3) is 2.37. The molecule has 0 aromatic carbocycles. The predicted molar refractivity (Wildman–Crippen MR) is 75.0 cm³/mol. The topological polar surface area (TPSA) is 50.3 Å². The number of anilines is 1. The molecule has 0 bridgehead atoms. The van der Waals surface area contributed by atoms with Gasteiger partial charge in [-0.25, -0.2) is 0 Å². The van der Waals surface area contributed by atoms with Crippen molar-refractivity contribution in [2.75, 3.05) is 38.6 Å². The lowest BCUT2D eigenvalue weighted by Gasteiger charge is -2.23. The lowest BCUT2D eigenvalue weighted by molar-refractivity contribution is 0.315. The Kier molecular flexibility index (Phi) is 3.92. The van der Waals surface area contributed by atoms with E-state index in [-0.39, 0.29) is 0 Å². The van der Waals surface area contributed by atoms with Crippen LogP contribution < -0.4 is 10.6 Å². The number of likely N-dealkylation sites (N-methyl/N-ethyl adjacent to an activating group) is 1. The molecule has 18 heavy (non-hydrogen) atoms. The first-order valence-electron chi connectivity index (χ1n) is 6.68. The summed E-state index contributed by atoms with van der Waals surface area (Å²) in [7, 11) is 6.35. The Bertz CT molecular complexity index is 410. The van der Waals surface area contributed by atoms with Crippen molar-refractivity contribution in [3.63, 3.8) is 0 Å². The third-order valence-corrected chi connectivity index (χ3v) is 3.90. The van der Waals surface area contributed by atoms with Gasteiger partial charge in [-0.15, -0.1) is 0 Å². The molecule has 1 aliphatic heterocycles. The Morgan fingerprint density at radius 1 is 1.44 bits per heavy atom. The highest BCUT2D eigenvalue weighted by Crippen LogP contribution is 2.27. The second kappa shape index (κ2) is 5.28. The fourth-order valence-corrected chi connectivity index (χ4v) is 2.88. The van der Waals surface area contributed by atoms with Gasteiger partial charge in [-0.1, -0.05) is 0 Å². The SMILES string of the molecule is Cc1nn(C)c(N2CCC(N(C)C)C2)c1CCN. The number of nitrogens with zero attached hydrogens (tertiary/aromatic N) is 4. The molecule has 0 amide bonds. The van der Waals surface area contributed by atoms with Gasteiger partial charge in [0, 0.05) is 31.7 Å². The normalized spacial score (nSPS) is 20.1. The van der Waals surface area contributed by atoms with E-state index in [9.17, 15) is 0 Å². The molecule has 1 saturated heterocycles. The highest BCUT2D eigenvalue weighted by molar-refractivity contribution is 5.51. The smallest absolute Gasteiger partial charge is 0.130 e. The minimum Gasteiger partial charge on any atom is -0.355 e. The number of hydrogen-bond acceptors (Lipinski definition) is 4. The molecule has 102 valence electrons. The molecule has 2 N–H and O–H groups in total. The van der Waals surface area contributed by atoms with E-state index in [1.165, 1.54) is 17.8 Å². The van der Waals surface area contributed by atoms with E-state index in [1.54, 1.807) is 0 Å². The molecule has 5 nitrogen and oxygen atoms in total. The second-order valence-electron chi connectivity index (χ2n) is 5.40. The van der Waals surface area contributed by atoms with E-state index in [4.69, 9.17) is 5.73 Å². The van der Waals surface area contributed by atoms with Crippen LogP contribution in [0.15, 0.2) is 0 Å². The van der Waals surface area contributed by atoms with Crippen molar-refractivity contribution in [3.05, 3.63) is 11.3 Å². The number of aromatic nitrogens is 2. The van der Waals surface area contributed by atoms with Crippen LogP contribution in [0.5, 0.6) is 0 Å². The maximum absolute atomic E-state index is 5.72. The zero-order chi connectivity index (χ0) is 13.3. The minimum absolute atomic E-state index is 0.644. The zero-order valence-electron chi connectivity index (χ0n) is 12.0. The van der Waals surface area contributed by atoms with Gasteiger partial charge in [0.2, 0.25) is 0 Å². The van der Waals surface area contributed by atoms with E-state index in [1.807, 2.05) is 11.7 Å². The Hall–Kier alpha value is -1.07. The van der Waals surface area contributed by atoms with E-state index in [0.29, 0.717) is 12.6 Å². The summed E-state index contributed by atoms with van der Waals surface area (Å²) in [4.78, 5) is 4.77. The van der Waals surface area contributed by atoms with Gasteiger partial charge in [-0.2, -0.15) is 5.10 Å². The summed E-state index contributed by atoms with van der Waals surface area (Å²) in [6, 6.07) is 0.644. The molecule has 0 aliphatic carbocycles. The first kappa shape index (κ1) is 13.4. The lowest BCUT2D eigenvalue weighted by Crippen LogP contribution is -2.32. The van der Waals surface area contributed by atoms with Crippen molar-refractivity contribution in [1.29, 1.82) is 0 Å². The Morgan fingerprint density at radius 2 is 2.17 bits per heavy atom. The standard InChI is InChI=1S/C13H25N5/c1-10-12(5-7-14)13(17(4)15-10)18-8-6-11(9-18)16(2)3/h11H,5-9,14H2,1-4H3. The molecular formula is C13H25N5. The summed E-state index contributed by atoms with van der Waals surface area (Å²) >= 11 is 0. The average Bonchev–Trinajstić information content (AvgIpc) is 2.86. The molecule has 1 aliphatic rings. The van der Waals surface area contributed by atoms with E-state index in [2.05, 4.69) is 35.9 Å². The molecule has 2 heterocycles. The maximum atomic E-state index is 5.72. The minimum atomic E-state index is 0.644. The van der Waals surface area contributed by atoms with Crippen LogP contribution >= 0.6 is 0 Å². The first-order valence-corrected chi connectivity index (χ1v) is 6.68. The van der Waals surface area contributed by atoms with Crippen LogP contribution in [0.2, 0.25) is 0 Å². The van der Waals surface area contributed by atoms with E-state index >= 15 is 0 Å². The van der Waals surface area contributed by atoms with Gasteiger partial charge in [0.15, 0.2) is 0 Å². The largest absolute Gasteiger partial charge is 0.355 e. The maximum Gasteiger partial charge on any atom is 0.130 e. The fourth-order valence-electron chi connectivity index (χ4n) is 2.88.